The quantitative estimate of drug-likeness (QED) is 0.0336. The molecule has 3 aromatic heterocycles. The van der Waals surface area contributed by atoms with E-state index in [1.807, 2.05) is 26.0 Å². The molecule has 0 radical (unpaired) electrons. The van der Waals surface area contributed by atoms with E-state index in [0.717, 1.165) is 21.6 Å². The molecule has 6 heterocycles. The number of aliphatic hydroxyl groups excluding tert-OH is 1. The van der Waals surface area contributed by atoms with E-state index in [9.17, 15) is 63.3 Å². The van der Waals surface area contributed by atoms with Gasteiger partial charge in [0.25, 0.3) is 0 Å². The minimum atomic E-state index is -1.80. The van der Waals surface area contributed by atoms with Gasteiger partial charge in [-0.3, -0.25) is 81.5 Å². The SMILES string of the molecule is CCCC[C@H]1C(=O)N(C)[C@@H](CCCC)C(=O)N[C@@H](C)C(=O)N[C@H](C(=O)NCC(N)=O)CSCC(=O)N[C@@H](Cc2ccc(O)cc2)C(=O)N(C)[C@@H](C)C(=O)N[C@@H](CCC(=O)O)C(=O)N2CCC[C@H]2C(=O)N[C@@H](Cc2c[nH]cn2)C(=O)N[C@@H](CCCCN)C(=O)N2CCC[C@H]2C(=O)C[C@@H](Cc2c[nH]c3ccccc23)C(=O)N[C@@H](CO)C(=O)N[C@@H](Cc2c[nH]c3ccccc23)C(=O)N1C. The third-order valence-corrected chi connectivity index (χ3v) is 25.2. The predicted octanol–water partition coefficient (Wildman–Crippen LogP) is 0.0199. The van der Waals surface area contributed by atoms with E-state index in [1.54, 1.807) is 48.8 Å². The van der Waals surface area contributed by atoms with E-state index in [4.69, 9.17) is 11.5 Å². The van der Waals surface area contributed by atoms with Crippen molar-refractivity contribution in [1.82, 2.24) is 92.3 Å². The number of hydrogen-bond acceptors (Lipinski definition) is 22. The number of ketones is 1. The molecule has 3 fully saturated rings. The molecule has 131 heavy (non-hydrogen) atoms. The van der Waals surface area contributed by atoms with Crippen molar-refractivity contribution in [3.8, 4) is 5.75 Å². The Kier molecular flexibility index (Phi) is 38.4. The zero-order valence-electron chi connectivity index (χ0n) is 74.9. The first-order valence-electron chi connectivity index (χ1n) is 44.5. The molecule has 3 aromatic carbocycles. The normalized spacial score (nSPS) is 24.7. The number of thioether (sulfide) groups is 1. The number of carbonyl (C=O) groups excluding carboxylic acids is 16. The molecule has 6 aromatic rings. The Bertz CT molecular complexity index is 5030. The molecule has 9 rings (SSSR count). The van der Waals surface area contributed by atoms with Crippen LogP contribution < -0.4 is 59.3 Å². The number of aromatic amines is 3. The van der Waals surface area contributed by atoms with Crippen LogP contribution >= 0.6 is 11.8 Å². The van der Waals surface area contributed by atoms with Crippen molar-refractivity contribution in [3.63, 3.8) is 0 Å². The summed E-state index contributed by atoms with van der Waals surface area (Å²) < 4.78 is 0. The van der Waals surface area contributed by atoms with Crippen molar-refractivity contribution >= 4 is 134 Å². The van der Waals surface area contributed by atoms with Crippen LogP contribution in [0.1, 0.15) is 153 Å². The molecule has 14 atom stereocenters. The Hall–Kier alpha value is -12.8. The lowest BCUT2D eigenvalue weighted by molar-refractivity contribution is -0.149. The summed E-state index contributed by atoms with van der Waals surface area (Å²) in [4.78, 5) is 267. The van der Waals surface area contributed by atoms with Crippen LogP contribution in [0.2, 0.25) is 0 Å². The van der Waals surface area contributed by atoms with Gasteiger partial charge in [-0.25, -0.2) is 4.98 Å². The van der Waals surface area contributed by atoms with E-state index < -0.39 is 229 Å². The van der Waals surface area contributed by atoms with Gasteiger partial charge in [0, 0.05) is 118 Å². The first-order valence-corrected chi connectivity index (χ1v) is 45.7. The number of likely N-dealkylation sites (N-methyl/N-ethyl adjacent to an activating group) is 3. The van der Waals surface area contributed by atoms with Crippen molar-refractivity contribution in [2.75, 3.05) is 65.4 Å². The number of carbonyl (C=O) groups is 17. The number of nitrogens with two attached hydrogens (primary N) is 2. The molecule has 0 saturated carbocycles. The lowest BCUT2D eigenvalue weighted by atomic mass is 9.90. The fourth-order valence-corrected chi connectivity index (χ4v) is 17.4. The number of Topliss-reactive ketones (excluding diaryl/α,β-unsaturated/α-hetero) is 1. The number of aromatic nitrogens is 4. The summed E-state index contributed by atoms with van der Waals surface area (Å²) in [6, 6.07) is 0.983. The van der Waals surface area contributed by atoms with Crippen LogP contribution in [0.25, 0.3) is 21.8 Å². The van der Waals surface area contributed by atoms with Gasteiger partial charge in [0.2, 0.25) is 88.6 Å². The predicted molar refractivity (Wildman–Crippen MR) is 483 cm³/mol. The number of H-pyrrole nitrogens is 3. The zero-order chi connectivity index (χ0) is 95.3. The number of unbranched alkanes of at least 4 members (excludes halogenated alkanes) is 3. The number of hydrogen-bond donors (Lipinski definition) is 17. The molecular weight excluding hydrogens is 1710 g/mol. The Balaban J connectivity index is 1.08. The molecule has 0 bridgehead atoms. The van der Waals surface area contributed by atoms with E-state index in [-0.39, 0.29) is 102 Å². The number of amides is 15. The number of nitrogens with zero attached hydrogens (tertiary/aromatic N) is 6. The van der Waals surface area contributed by atoms with Crippen molar-refractivity contribution in [2.24, 2.45) is 17.4 Å². The van der Waals surface area contributed by atoms with Crippen molar-refractivity contribution in [3.05, 3.63) is 120 Å². The summed E-state index contributed by atoms with van der Waals surface area (Å²) in [5.74, 6) is -17.4. The number of phenols is 1. The number of imidazole rings is 1. The molecule has 0 aliphatic carbocycles. The van der Waals surface area contributed by atoms with Gasteiger partial charge in [0.05, 0.1) is 37.0 Å². The van der Waals surface area contributed by atoms with Crippen LogP contribution in [-0.4, -0.2) is 304 Å². The number of carboxylic acids is 1. The Morgan fingerprint density at radius 2 is 1.10 bits per heavy atom. The number of phenolic OH excluding ortho intramolecular Hbond substituents is 1. The van der Waals surface area contributed by atoms with E-state index in [0.29, 0.717) is 77.0 Å². The van der Waals surface area contributed by atoms with Crippen molar-refractivity contribution < 1.29 is 96.8 Å². The van der Waals surface area contributed by atoms with Crippen LogP contribution in [-0.2, 0) is 107 Å². The third-order valence-electron chi connectivity index (χ3n) is 24.2. The first kappa shape index (κ1) is 102. The maximum Gasteiger partial charge on any atom is 0.303 e. The smallest absolute Gasteiger partial charge is 0.303 e. The third kappa shape index (κ3) is 28.1. The summed E-state index contributed by atoms with van der Waals surface area (Å²) in [6.45, 7) is 4.72. The number of para-hydroxylation sites is 2. The summed E-state index contributed by atoms with van der Waals surface area (Å²) in [5.41, 5.74) is 14.6. The van der Waals surface area contributed by atoms with Gasteiger partial charge in [-0.15, -0.1) is 11.8 Å². The molecule has 3 saturated heterocycles. The summed E-state index contributed by atoms with van der Waals surface area (Å²) in [5, 5.41) is 56.6. The maximum absolute atomic E-state index is 15.6. The number of nitrogens with one attached hydrogen (secondary N) is 12. The maximum atomic E-state index is 15.6. The highest BCUT2D eigenvalue weighted by Crippen LogP contribution is 2.30. The van der Waals surface area contributed by atoms with Crippen molar-refractivity contribution in [2.45, 2.75) is 235 Å². The van der Waals surface area contributed by atoms with Gasteiger partial charge in [-0.2, -0.15) is 0 Å². The van der Waals surface area contributed by atoms with E-state index >= 15 is 33.6 Å². The minimum absolute atomic E-state index is 0.0137. The fourth-order valence-electron chi connectivity index (χ4n) is 16.6. The highest BCUT2D eigenvalue weighted by Gasteiger charge is 2.45. The second kappa shape index (κ2) is 49.3. The molecule has 3 aliphatic rings. The topological polar surface area (TPSA) is 588 Å². The number of aliphatic carboxylic acids is 1. The van der Waals surface area contributed by atoms with Gasteiger partial charge in [-0.1, -0.05) is 88.1 Å². The molecule has 41 heteroatoms. The largest absolute Gasteiger partial charge is 0.508 e. The van der Waals surface area contributed by atoms with Gasteiger partial charge in [0.15, 0.2) is 5.78 Å². The second-order valence-corrected chi connectivity index (χ2v) is 34.7. The minimum Gasteiger partial charge on any atom is -0.508 e. The number of fused-ring (bicyclic) bond motifs is 4. The molecule has 710 valence electrons. The Morgan fingerprint density at radius 3 is 1.71 bits per heavy atom. The molecule has 40 nitrogen and oxygen atoms in total. The van der Waals surface area contributed by atoms with Crippen LogP contribution in [0.5, 0.6) is 5.75 Å². The number of carboxylic acid groups (broad SMARTS) is 1. The number of primary amides is 1. The van der Waals surface area contributed by atoms with E-state index in [2.05, 4.69) is 67.8 Å². The van der Waals surface area contributed by atoms with Gasteiger partial charge in [0.1, 0.15) is 78.3 Å². The highest BCUT2D eigenvalue weighted by atomic mass is 32.2. The average Bonchev–Trinajstić information content (AvgIpc) is 1.80. The lowest BCUT2D eigenvalue weighted by Gasteiger charge is -2.36. The van der Waals surface area contributed by atoms with Gasteiger partial charge in [-0.05, 0) is 132 Å². The number of benzene rings is 3. The van der Waals surface area contributed by atoms with Gasteiger partial charge < -0.3 is 114 Å². The molecule has 0 spiro atoms. The number of aliphatic hydroxyl groups is 1. The lowest BCUT2D eigenvalue weighted by Crippen LogP contribution is -2.60. The molecule has 15 amide bonds. The highest BCUT2D eigenvalue weighted by molar-refractivity contribution is 8.00. The van der Waals surface area contributed by atoms with Crippen LogP contribution in [0.15, 0.2) is 97.7 Å². The molecule has 3 aliphatic heterocycles. The number of rotatable bonds is 25. The number of aromatic hydroxyl groups is 1. The molecule has 19 N–H and O–H groups in total. The monoisotopic (exact) mass is 1840 g/mol. The fraction of sp³-hybridized carbons (Fsp3) is 0.533. The molecular formula is C90H124N20O20S. The second-order valence-electron chi connectivity index (χ2n) is 33.7. The van der Waals surface area contributed by atoms with Crippen LogP contribution in [0, 0.1) is 5.92 Å². The summed E-state index contributed by atoms with van der Waals surface area (Å²) in [7, 11) is 3.98. The first-order chi connectivity index (χ1) is 62.6. The Morgan fingerprint density at radius 1 is 0.542 bits per heavy atom. The summed E-state index contributed by atoms with van der Waals surface area (Å²) >= 11 is 0.787. The van der Waals surface area contributed by atoms with E-state index in [1.165, 1.54) is 86.5 Å². The zero-order valence-corrected chi connectivity index (χ0v) is 75.8. The Labute approximate surface area is 762 Å². The standard InChI is InChI=1S/C90H124N20O20S/c1-8-10-25-71-84(124)98-51(3)78(118)105-69(81(121)96-46-75(92)114)48-131-49-76(115)99-66(38-53-29-31-58(112)32-30-53)86(126)106(5)52(4)79(119)100-64(33-34-77(116)117)89(129)110-37-19-28-72(110)85(125)102-65(42-57-45-93-50-97-57)82(122)101-63(24-16-17-35-91)88(128)109-36-18-27-70(109)74(113)41-54(39-55-43-94-61-22-14-12-20-59(55)61)80(120)104-68(47-111)83(123)103-67(40-56-44-95-62-23-15-13-21-60(56)62)87(127)108(7)73(26-11-9-2)90(130)107(71)6/h12-15,20-23,29-32,43-45,50-52,54,63-73,94-95,111-112H,8-11,16-19,24-28,33-42,46-49,91H2,1-7H3,(H2,92,114)(H,93,97)(H,96,121)(H,98,124)(H,99,115)(H,100,119)(H,101,122)(H,102,125)(H,103,123)(H,104,120)(H,105,118)(H,116,117)/t51-,52-,54+,63-,64-,65-,66-,67-,68-,69-,70-,71-,72-,73-/m0/s1. The average molecular weight is 1840 g/mol. The van der Waals surface area contributed by atoms with Crippen molar-refractivity contribution in [1.29, 1.82) is 0 Å². The molecule has 0 unspecified atom stereocenters. The summed E-state index contributed by atoms with van der Waals surface area (Å²) in [6.07, 6.45) is 6.70. The van der Waals surface area contributed by atoms with Crippen LogP contribution in [0.4, 0.5) is 0 Å². The van der Waals surface area contributed by atoms with Crippen LogP contribution in [0.3, 0.4) is 0 Å². The van der Waals surface area contributed by atoms with Gasteiger partial charge >= 0.3 is 5.97 Å².